The molecule has 0 unspecified atom stereocenters. The van der Waals surface area contributed by atoms with E-state index in [1.807, 2.05) is 31.2 Å². The number of benzene rings is 2. The lowest BCUT2D eigenvalue weighted by atomic mass is 10.1. The number of ether oxygens (including phenoxy) is 1. The molecule has 0 aliphatic rings. The monoisotopic (exact) mass is 406 g/mol. The topological polar surface area (TPSA) is 90.1 Å². The number of carbonyl (C=O) groups is 1. The second kappa shape index (κ2) is 8.28. The van der Waals surface area contributed by atoms with Crippen molar-refractivity contribution in [1.29, 1.82) is 0 Å². The average molecular weight is 406 g/mol. The molecular formula is C22H19FN4O3. The molecule has 2 heterocycles. The Kier molecular flexibility index (Phi) is 5.38. The number of aryl methyl sites for hydroxylation is 1. The summed E-state index contributed by atoms with van der Waals surface area (Å²) in [6.07, 6.45) is 0. The number of hydrogen-bond acceptors (Lipinski definition) is 7. The van der Waals surface area contributed by atoms with Gasteiger partial charge in [0.1, 0.15) is 22.7 Å². The number of fused-ring (bicyclic) bond motifs is 1. The van der Waals surface area contributed by atoms with E-state index < -0.39 is 5.97 Å². The van der Waals surface area contributed by atoms with Gasteiger partial charge in [-0.1, -0.05) is 53.2 Å². The first kappa shape index (κ1) is 19.5. The van der Waals surface area contributed by atoms with Crippen LogP contribution in [0.15, 0.2) is 53.1 Å². The Morgan fingerprint density at radius 1 is 1.13 bits per heavy atom. The number of hydrogen-bond donors (Lipinski definition) is 1. The van der Waals surface area contributed by atoms with Gasteiger partial charge in [-0.2, -0.15) is 4.98 Å². The van der Waals surface area contributed by atoms with Gasteiger partial charge in [-0.15, -0.1) is 0 Å². The van der Waals surface area contributed by atoms with Crippen molar-refractivity contribution in [3.63, 3.8) is 0 Å². The highest BCUT2D eigenvalue weighted by Crippen LogP contribution is 2.32. The molecule has 2 aromatic carbocycles. The third-order valence-electron chi connectivity index (χ3n) is 4.52. The lowest BCUT2D eigenvalue weighted by Crippen LogP contribution is -2.12. The van der Waals surface area contributed by atoms with Crippen LogP contribution in [0, 0.1) is 12.7 Å². The second-order valence-corrected chi connectivity index (χ2v) is 6.64. The Balaban J connectivity index is 1.80. The van der Waals surface area contributed by atoms with Crippen molar-refractivity contribution in [2.45, 2.75) is 20.4 Å². The molecule has 0 aliphatic carbocycles. The zero-order chi connectivity index (χ0) is 21.1. The summed E-state index contributed by atoms with van der Waals surface area (Å²) in [4.78, 5) is 20.7. The number of aromatic nitrogens is 3. The van der Waals surface area contributed by atoms with Crippen molar-refractivity contribution >= 4 is 22.9 Å². The van der Waals surface area contributed by atoms with Crippen LogP contribution in [0.3, 0.4) is 0 Å². The average Bonchev–Trinajstić information content (AvgIpc) is 3.18. The highest BCUT2D eigenvalue weighted by molar-refractivity contribution is 5.99. The van der Waals surface area contributed by atoms with E-state index >= 15 is 0 Å². The molecule has 7 nitrogen and oxygen atoms in total. The Morgan fingerprint density at radius 3 is 2.63 bits per heavy atom. The van der Waals surface area contributed by atoms with Crippen LogP contribution < -0.4 is 5.32 Å². The number of nitrogens with zero attached hydrogens (tertiary/aromatic N) is 3. The molecule has 0 fully saturated rings. The first-order chi connectivity index (χ1) is 14.6. The molecule has 0 aliphatic heterocycles. The van der Waals surface area contributed by atoms with E-state index in [0.29, 0.717) is 22.5 Å². The van der Waals surface area contributed by atoms with Gasteiger partial charge in [-0.25, -0.2) is 14.2 Å². The van der Waals surface area contributed by atoms with E-state index in [1.165, 1.54) is 6.07 Å². The standard InChI is InChI=1S/C22H19FN4O3/c1-3-29-22(28)20-25-19(24-12-15-6-4-5-7-16(15)23)17-18(27-30-21(17)26-20)14-10-8-13(2)9-11-14/h4-11H,3,12H2,1-2H3,(H,24,25,26). The highest BCUT2D eigenvalue weighted by Gasteiger charge is 2.22. The maximum atomic E-state index is 14.1. The predicted molar refractivity (Wildman–Crippen MR) is 109 cm³/mol. The molecule has 152 valence electrons. The van der Waals surface area contributed by atoms with Gasteiger partial charge in [0.25, 0.3) is 5.71 Å². The Hall–Kier alpha value is -3.81. The Morgan fingerprint density at radius 2 is 1.90 bits per heavy atom. The quantitative estimate of drug-likeness (QED) is 0.471. The summed E-state index contributed by atoms with van der Waals surface area (Å²) in [6.45, 7) is 4.02. The van der Waals surface area contributed by atoms with Crippen LogP contribution >= 0.6 is 0 Å². The molecule has 0 spiro atoms. The van der Waals surface area contributed by atoms with Crippen molar-refractivity contribution in [2.75, 3.05) is 11.9 Å². The maximum absolute atomic E-state index is 14.1. The Bertz CT molecular complexity index is 1200. The van der Waals surface area contributed by atoms with Crippen molar-refractivity contribution in [1.82, 2.24) is 15.1 Å². The fourth-order valence-corrected chi connectivity index (χ4v) is 3.00. The Labute approximate surface area is 171 Å². The molecule has 8 heteroatoms. The van der Waals surface area contributed by atoms with Crippen LogP contribution in [0.5, 0.6) is 0 Å². The molecular weight excluding hydrogens is 387 g/mol. The third kappa shape index (κ3) is 3.84. The minimum atomic E-state index is -0.679. The number of nitrogens with one attached hydrogen (secondary N) is 1. The summed E-state index contributed by atoms with van der Waals surface area (Å²) >= 11 is 0. The van der Waals surface area contributed by atoms with Gasteiger partial charge in [-0.05, 0) is 19.9 Å². The van der Waals surface area contributed by atoms with Crippen LogP contribution in [-0.4, -0.2) is 27.7 Å². The van der Waals surface area contributed by atoms with Crippen molar-refractivity contribution < 1.29 is 18.4 Å². The molecule has 30 heavy (non-hydrogen) atoms. The molecule has 0 saturated carbocycles. The van der Waals surface area contributed by atoms with E-state index in [1.54, 1.807) is 25.1 Å². The van der Waals surface area contributed by atoms with Crippen molar-refractivity contribution in [3.05, 3.63) is 71.3 Å². The summed E-state index contributed by atoms with van der Waals surface area (Å²) in [7, 11) is 0. The molecule has 0 saturated heterocycles. The van der Waals surface area contributed by atoms with E-state index in [0.717, 1.165) is 11.1 Å². The number of halogens is 1. The zero-order valence-electron chi connectivity index (χ0n) is 16.5. The summed E-state index contributed by atoms with van der Waals surface area (Å²) in [5.74, 6) is -0.873. The summed E-state index contributed by atoms with van der Waals surface area (Å²) < 4.78 is 24.5. The van der Waals surface area contributed by atoms with E-state index in [-0.39, 0.29) is 30.5 Å². The van der Waals surface area contributed by atoms with Crippen molar-refractivity contribution in [3.8, 4) is 11.3 Å². The largest absolute Gasteiger partial charge is 0.460 e. The normalized spacial score (nSPS) is 10.9. The molecule has 1 N–H and O–H groups in total. The number of esters is 1. The van der Waals surface area contributed by atoms with Gasteiger partial charge in [0.15, 0.2) is 0 Å². The van der Waals surface area contributed by atoms with Crippen LogP contribution in [0.2, 0.25) is 0 Å². The lowest BCUT2D eigenvalue weighted by Gasteiger charge is -2.09. The van der Waals surface area contributed by atoms with Gasteiger partial charge < -0.3 is 14.6 Å². The zero-order valence-corrected chi connectivity index (χ0v) is 16.5. The molecule has 0 bridgehead atoms. The smallest absolute Gasteiger partial charge is 0.376 e. The molecule has 0 atom stereocenters. The maximum Gasteiger partial charge on any atom is 0.376 e. The van der Waals surface area contributed by atoms with Crippen LogP contribution in [0.1, 0.15) is 28.7 Å². The predicted octanol–water partition coefficient (Wildman–Crippen LogP) is 4.52. The fraction of sp³-hybridized carbons (Fsp3) is 0.182. The van der Waals surface area contributed by atoms with Gasteiger partial charge in [0.05, 0.1) is 6.61 Å². The molecule has 4 rings (SSSR count). The summed E-state index contributed by atoms with van der Waals surface area (Å²) in [6, 6.07) is 14.1. The molecule has 4 aromatic rings. The van der Waals surface area contributed by atoms with Gasteiger partial charge >= 0.3 is 5.97 Å². The second-order valence-electron chi connectivity index (χ2n) is 6.64. The van der Waals surface area contributed by atoms with Gasteiger partial charge in [0.2, 0.25) is 5.82 Å². The first-order valence-electron chi connectivity index (χ1n) is 9.45. The van der Waals surface area contributed by atoms with Crippen molar-refractivity contribution in [2.24, 2.45) is 0 Å². The van der Waals surface area contributed by atoms with E-state index in [2.05, 4.69) is 20.4 Å². The highest BCUT2D eigenvalue weighted by atomic mass is 19.1. The molecule has 0 amide bonds. The third-order valence-corrected chi connectivity index (χ3v) is 4.52. The number of rotatable bonds is 6. The number of carbonyl (C=O) groups excluding carboxylic acids is 1. The van der Waals surface area contributed by atoms with Crippen LogP contribution in [0.4, 0.5) is 10.2 Å². The van der Waals surface area contributed by atoms with E-state index in [4.69, 9.17) is 9.26 Å². The summed E-state index contributed by atoms with van der Waals surface area (Å²) in [5, 5.41) is 7.73. The first-order valence-corrected chi connectivity index (χ1v) is 9.45. The molecule has 2 aromatic heterocycles. The number of anilines is 1. The lowest BCUT2D eigenvalue weighted by molar-refractivity contribution is 0.0512. The minimum Gasteiger partial charge on any atom is -0.460 e. The summed E-state index contributed by atoms with van der Waals surface area (Å²) in [5.41, 5.74) is 3.03. The minimum absolute atomic E-state index is 0.139. The van der Waals surface area contributed by atoms with Crippen LogP contribution in [0.25, 0.3) is 22.4 Å². The van der Waals surface area contributed by atoms with Gasteiger partial charge in [0, 0.05) is 17.7 Å². The molecule has 0 radical (unpaired) electrons. The van der Waals surface area contributed by atoms with Crippen LogP contribution in [-0.2, 0) is 11.3 Å². The van der Waals surface area contributed by atoms with Gasteiger partial charge in [-0.3, -0.25) is 0 Å². The fourth-order valence-electron chi connectivity index (χ4n) is 3.00. The SMILES string of the molecule is CCOC(=O)c1nc(NCc2ccccc2F)c2c(-c3ccc(C)cc3)noc2n1. The van der Waals surface area contributed by atoms with E-state index in [9.17, 15) is 9.18 Å².